The summed E-state index contributed by atoms with van der Waals surface area (Å²) in [6.07, 6.45) is 7.03. The average Bonchev–Trinajstić information content (AvgIpc) is 2.34. The molecule has 0 amide bonds. The fourth-order valence-corrected chi connectivity index (χ4v) is 0.993. The summed E-state index contributed by atoms with van der Waals surface area (Å²) in [6.45, 7) is 15.9. The van der Waals surface area contributed by atoms with Crippen LogP contribution in [0.3, 0.4) is 0 Å². The van der Waals surface area contributed by atoms with E-state index >= 15 is 0 Å². The molecule has 0 atom stereocenters. The van der Waals surface area contributed by atoms with Crippen molar-refractivity contribution in [3.63, 3.8) is 0 Å². The Morgan fingerprint density at radius 1 is 1.20 bits per heavy atom. The van der Waals surface area contributed by atoms with E-state index in [0.29, 0.717) is 0 Å². The van der Waals surface area contributed by atoms with Gasteiger partial charge in [-0.15, -0.1) is 0 Å². The molecular weight excluding hydrogens is 182 g/mol. The van der Waals surface area contributed by atoms with E-state index in [4.69, 9.17) is 0 Å². The Morgan fingerprint density at radius 3 is 1.87 bits per heavy atom. The van der Waals surface area contributed by atoms with Gasteiger partial charge < -0.3 is 5.32 Å². The molecule has 0 aliphatic carbocycles. The molecule has 0 saturated heterocycles. The zero-order chi connectivity index (χ0) is 12.7. The third-order valence-electron chi connectivity index (χ3n) is 1.57. The summed E-state index contributed by atoms with van der Waals surface area (Å²) in [5.41, 5.74) is 2.41. The Kier molecular flexibility index (Phi) is 24.4. The SMILES string of the molecule is C=C/C(NC)=C(\C=C/C)CC.CC.CC. The van der Waals surface area contributed by atoms with Gasteiger partial charge in [0.25, 0.3) is 0 Å². The Balaban J connectivity index is -0.000000318. The van der Waals surface area contributed by atoms with Gasteiger partial charge in [-0.1, -0.05) is 53.3 Å². The van der Waals surface area contributed by atoms with Gasteiger partial charge in [0.05, 0.1) is 0 Å². The molecule has 0 unspecified atom stereocenters. The van der Waals surface area contributed by atoms with E-state index in [9.17, 15) is 0 Å². The minimum Gasteiger partial charge on any atom is -0.388 e. The normalized spacial score (nSPS) is 10.3. The predicted octanol–water partition coefficient (Wildman–Crippen LogP) is 4.68. The average molecular weight is 211 g/mol. The van der Waals surface area contributed by atoms with E-state index in [1.165, 1.54) is 5.57 Å². The molecule has 0 spiro atoms. The Morgan fingerprint density at radius 2 is 1.67 bits per heavy atom. The summed E-state index contributed by atoms with van der Waals surface area (Å²) in [5, 5.41) is 3.10. The number of nitrogens with one attached hydrogen (secondary N) is 1. The molecule has 0 bridgehead atoms. The van der Waals surface area contributed by atoms with Crippen molar-refractivity contribution in [2.45, 2.75) is 48.0 Å². The van der Waals surface area contributed by atoms with Crippen molar-refractivity contribution in [1.29, 1.82) is 0 Å². The maximum atomic E-state index is 3.73. The third kappa shape index (κ3) is 10.9. The van der Waals surface area contributed by atoms with E-state index in [0.717, 1.165) is 12.1 Å². The number of rotatable bonds is 4. The molecule has 0 fully saturated rings. The van der Waals surface area contributed by atoms with Gasteiger partial charge >= 0.3 is 0 Å². The Bertz CT molecular complexity index is 176. The number of allylic oxidation sites excluding steroid dienone is 4. The lowest BCUT2D eigenvalue weighted by Crippen LogP contribution is -2.05. The number of likely N-dealkylation sites (N-methyl/N-ethyl adjacent to an activating group) is 1. The topological polar surface area (TPSA) is 12.0 Å². The van der Waals surface area contributed by atoms with Gasteiger partial charge in [0.1, 0.15) is 0 Å². The molecule has 0 aromatic heterocycles. The molecule has 0 aliphatic heterocycles. The van der Waals surface area contributed by atoms with Gasteiger partial charge in [-0.05, 0) is 25.0 Å². The van der Waals surface area contributed by atoms with Crippen LogP contribution in [0.2, 0.25) is 0 Å². The highest BCUT2D eigenvalue weighted by atomic mass is 14.8. The molecule has 1 nitrogen and oxygen atoms in total. The molecule has 0 radical (unpaired) electrons. The highest BCUT2D eigenvalue weighted by Crippen LogP contribution is 2.08. The van der Waals surface area contributed by atoms with Crippen LogP contribution in [0.1, 0.15) is 48.0 Å². The molecule has 0 rings (SSSR count). The summed E-state index contributed by atoms with van der Waals surface area (Å²) in [7, 11) is 1.91. The zero-order valence-corrected chi connectivity index (χ0v) is 11.6. The van der Waals surface area contributed by atoms with E-state index in [-0.39, 0.29) is 0 Å². The third-order valence-corrected chi connectivity index (χ3v) is 1.57. The zero-order valence-electron chi connectivity index (χ0n) is 11.6. The summed E-state index contributed by atoms with van der Waals surface area (Å²) in [4.78, 5) is 0. The number of hydrogen-bond donors (Lipinski definition) is 1. The molecule has 0 aromatic rings. The lowest BCUT2D eigenvalue weighted by Gasteiger charge is -2.05. The maximum Gasteiger partial charge on any atom is 0.0363 e. The van der Waals surface area contributed by atoms with Gasteiger partial charge in [-0.2, -0.15) is 0 Å². The summed E-state index contributed by atoms with van der Waals surface area (Å²) in [6, 6.07) is 0. The van der Waals surface area contributed by atoms with Crippen LogP contribution in [-0.4, -0.2) is 7.05 Å². The standard InChI is InChI=1S/C10H17N.2C2H6/c1-5-8-9(6-2)10(7-3)11-4;2*1-2/h5,7-8,11H,3,6H2,1-2,4H3;2*1-2H3/b8-5-,10-9+;;. The van der Waals surface area contributed by atoms with Crippen molar-refractivity contribution in [3.8, 4) is 0 Å². The summed E-state index contributed by atoms with van der Waals surface area (Å²) in [5.74, 6) is 0. The Labute approximate surface area is 97.0 Å². The lowest BCUT2D eigenvalue weighted by atomic mass is 10.1. The van der Waals surface area contributed by atoms with Crippen LogP contribution in [0.25, 0.3) is 0 Å². The second-order valence-corrected chi connectivity index (χ2v) is 2.25. The molecular formula is C14H29N. The summed E-state index contributed by atoms with van der Waals surface area (Å²) >= 11 is 0. The minimum atomic E-state index is 1.03. The first kappa shape index (κ1) is 19.6. The quantitative estimate of drug-likeness (QED) is 0.665. The van der Waals surface area contributed by atoms with Crippen LogP contribution < -0.4 is 5.32 Å². The second kappa shape index (κ2) is 18.7. The molecule has 15 heavy (non-hydrogen) atoms. The van der Waals surface area contributed by atoms with E-state index < -0.39 is 0 Å². The van der Waals surface area contributed by atoms with Crippen molar-refractivity contribution in [2.24, 2.45) is 0 Å². The van der Waals surface area contributed by atoms with Crippen LogP contribution in [0.5, 0.6) is 0 Å². The molecule has 0 saturated carbocycles. The van der Waals surface area contributed by atoms with Gasteiger partial charge in [-0.25, -0.2) is 0 Å². The van der Waals surface area contributed by atoms with Gasteiger partial charge in [0.15, 0.2) is 0 Å². The fourth-order valence-electron chi connectivity index (χ4n) is 0.993. The van der Waals surface area contributed by atoms with Gasteiger partial charge in [-0.3, -0.25) is 0 Å². The highest BCUT2D eigenvalue weighted by molar-refractivity contribution is 5.30. The molecule has 1 heteroatoms. The smallest absolute Gasteiger partial charge is 0.0363 e. The molecule has 0 heterocycles. The van der Waals surface area contributed by atoms with Crippen molar-refractivity contribution in [1.82, 2.24) is 5.32 Å². The van der Waals surface area contributed by atoms with E-state index in [2.05, 4.69) is 24.9 Å². The molecule has 0 aliphatic rings. The largest absolute Gasteiger partial charge is 0.388 e. The first-order valence-corrected chi connectivity index (χ1v) is 5.96. The fraction of sp³-hybridized carbons (Fsp3) is 0.571. The molecule has 1 N–H and O–H groups in total. The van der Waals surface area contributed by atoms with Crippen LogP contribution in [0.15, 0.2) is 36.1 Å². The Hall–Kier alpha value is -0.980. The van der Waals surface area contributed by atoms with Crippen molar-refractivity contribution in [3.05, 3.63) is 36.1 Å². The monoisotopic (exact) mass is 211 g/mol. The van der Waals surface area contributed by atoms with Crippen molar-refractivity contribution < 1.29 is 0 Å². The maximum absolute atomic E-state index is 3.73. The van der Waals surface area contributed by atoms with Gasteiger partial charge in [0.2, 0.25) is 0 Å². The lowest BCUT2D eigenvalue weighted by molar-refractivity contribution is 0.978. The van der Waals surface area contributed by atoms with E-state index in [1.807, 2.05) is 53.8 Å². The first-order chi connectivity index (χ1) is 7.29. The van der Waals surface area contributed by atoms with Crippen molar-refractivity contribution in [2.75, 3.05) is 7.05 Å². The van der Waals surface area contributed by atoms with Crippen molar-refractivity contribution >= 4 is 0 Å². The summed E-state index contributed by atoms with van der Waals surface area (Å²) < 4.78 is 0. The van der Waals surface area contributed by atoms with Gasteiger partial charge in [0, 0.05) is 12.7 Å². The van der Waals surface area contributed by atoms with Crippen LogP contribution in [-0.2, 0) is 0 Å². The van der Waals surface area contributed by atoms with Crippen LogP contribution in [0.4, 0.5) is 0 Å². The van der Waals surface area contributed by atoms with Crippen LogP contribution in [0, 0.1) is 0 Å². The predicted molar refractivity (Wildman–Crippen MR) is 74.1 cm³/mol. The molecule has 0 aromatic carbocycles. The van der Waals surface area contributed by atoms with Crippen LogP contribution >= 0.6 is 0 Å². The molecule has 90 valence electrons. The highest BCUT2D eigenvalue weighted by Gasteiger charge is 1.93. The first-order valence-electron chi connectivity index (χ1n) is 5.96. The minimum absolute atomic E-state index is 1.03. The van der Waals surface area contributed by atoms with E-state index in [1.54, 1.807) is 0 Å². The number of hydrogen-bond acceptors (Lipinski definition) is 1. The second-order valence-electron chi connectivity index (χ2n) is 2.25.